The van der Waals surface area contributed by atoms with E-state index in [2.05, 4.69) is 43.4 Å². The average Bonchev–Trinajstić information content (AvgIpc) is 2.81. The minimum absolute atomic E-state index is 0.0402. The van der Waals surface area contributed by atoms with Gasteiger partial charge in [0.25, 0.3) is 5.91 Å². The third-order valence-corrected chi connectivity index (χ3v) is 5.79. The summed E-state index contributed by atoms with van der Waals surface area (Å²) in [5.74, 6) is 0.788. The summed E-state index contributed by atoms with van der Waals surface area (Å²) in [4.78, 5) is 27.4. The number of rotatable bonds is 7. The van der Waals surface area contributed by atoms with Crippen LogP contribution < -0.4 is 15.0 Å². The lowest BCUT2D eigenvalue weighted by atomic mass is 9.88. The molecular formula is C28H30N2O3. The summed E-state index contributed by atoms with van der Waals surface area (Å²) >= 11 is 0. The van der Waals surface area contributed by atoms with Gasteiger partial charge < -0.3 is 15.0 Å². The molecule has 4 rings (SSSR count). The van der Waals surface area contributed by atoms with Gasteiger partial charge in [0, 0.05) is 30.6 Å². The number of anilines is 2. The Hall–Kier alpha value is -3.60. The molecule has 0 spiro atoms. The fourth-order valence-corrected chi connectivity index (χ4v) is 4.24. The summed E-state index contributed by atoms with van der Waals surface area (Å²) in [7, 11) is 0. The van der Waals surface area contributed by atoms with Crippen LogP contribution >= 0.6 is 0 Å². The first kappa shape index (κ1) is 22.6. The minimum atomic E-state index is -0.553. The fourth-order valence-electron chi connectivity index (χ4n) is 4.24. The molecule has 0 saturated carbocycles. The maximum atomic E-state index is 13.0. The fraction of sp³-hybridized carbons (Fsp3) is 0.286. The van der Waals surface area contributed by atoms with Gasteiger partial charge in [0.05, 0.1) is 5.69 Å². The molecule has 1 heterocycles. The molecule has 0 aliphatic carbocycles. The van der Waals surface area contributed by atoms with Crippen LogP contribution in [-0.4, -0.2) is 24.5 Å². The second kappa shape index (κ2) is 9.90. The Kier molecular flexibility index (Phi) is 6.78. The van der Waals surface area contributed by atoms with E-state index in [1.165, 1.54) is 0 Å². The number of carbonyl (C=O) groups is 2. The van der Waals surface area contributed by atoms with Crippen LogP contribution in [0.25, 0.3) is 0 Å². The minimum Gasteiger partial charge on any atom is -0.479 e. The second-order valence-electron chi connectivity index (χ2n) is 8.91. The lowest BCUT2D eigenvalue weighted by Gasteiger charge is -2.34. The number of carbonyl (C=O) groups excluding carboxylic acids is 2. The summed E-state index contributed by atoms with van der Waals surface area (Å²) in [6, 6.07) is 25.6. The van der Waals surface area contributed by atoms with Crippen LogP contribution in [-0.2, 0) is 9.59 Å². The van der Waals surface area contributed by atoms with E-state index < -0.39 is 6.10 Å². The molecular weight excluding hydrogens is 412 g/mol. The molecule has 1 unspecified atom stereocenters. The first-order valence-electron chi connectivity index (χ1n) is 11.4. The number of benzene rings is 3. The zero-order valence-electron chi connectivity index (χ0n) is 19.3. The molecule has 0 fully saturated rings. The topological polar surface area (TPSA) is 58.6 Å². The van der Waals surface area contributed by atoms with Gasteiger partial charge in [-0.3, -0.25) is 9.59 Å². The van der Waals surface area contributed by atoms with Crippen molar-refractivity contribution in [3.63, 3.8) is 0 Å². The molecule has 0 bridgehead atoms. The molecule has 5 heteroatoms. The zero-order valence-corrected chi connectivity index (χ0v) is 19.3. The summed E-state index contributed by atoms with van der Waals surface area (Å²) in [6.07, 6.45) is -0.233. The summed E-state index contributed by atoms with van der Waals surface area (Å²) in [5, 5.41) is 3.02. The van der Waals surface area contributed by atoms with Crippen molar-refractivity contribution >= 4 is 23.2 Å². The third-order valence-electron chi connectivity index (χ3n) is 5.79. The first-order valence-corrected chi connectivity index (χ1v) is 11.4. The van der Waals surface area contributed by atoms with Crippen molar-refractivity contribution in [1.82, 2.24) is 0 Å². The Morgan fingerprint density at radius 1 is 0.970 bits per heavy atom. The predicted molar refractivity (Wildman–Crippen MR) is 132 cm³/mol. The molecule has 0 aromatic heterocycles. The van der Waals surface area contributed by atoms with Gasteiger partial charge >= 0.3 is 0 Å². The largest absolute Gasteiger partial charge is 0.479 e. The smallest absolute Gasteiger partial charge is 0.267 e. The molecule has 3 aromatic carbocycles. The van der Waals surface area contributed by atoms with Crippen molar-refractivity contribution in [2.45, 2.75) is 39.2 Å². The molecule has 33 heavy (non-hydrogen) atoms. The molecule has 1 aliphatic heterocycles. The van der Waals surface area contributed by atoms with E-state index in [0.29, 0.717) is 30.3 Å². The maximum Gasteiger partial charge on any atom is 0.267 e. The first-order chi connectivity index (χ1) is 15.9. The highest BCUT2D eigenvalue weighted by atomic mass is 16.5. The normalized spacial score (nSPS) is 15.4. The van der Waals surface area contributed by atoms with E-state index >= 15 is 0 Å². The molecule has 1 atom stereocenters. The third kappa shape index (κ3) is 5.25. The van der Waals surface area contributed by atoms with Crippen LogP contribution in [0.2, 0.25) is 0 Å². The van der Waals surface area contributed by atoms with E-state index in [9.17, 15) is 9.59 Å². The highest BCUT2D eigenvalue weighted by Gasteiger charge is 2.32. The van der Waals surface area contributed by atoms with Crippen molar-refractivity contribution in [2.75, 3.05) is 16.8 Å². The molecule has 3 aromatic rings. The quantitative estimate of drug-likeness (QED) is 0.517. The standard InChI is InChI=1S/C28H30N2O3/c1-19(2)18-30-25-15-14-23(16-26(25)33-20(3)28(30)32)29-27(31)17-24(21-10-6-4-7-11-21)22-12-8-5-9-13-22/h4-16,19-20,24H,17-18H2,1-3H3,(H,29,31). The Labute approximate surface area is 195 Å². The van der Waals surface area contributed by atoms with Crippen LogP contribution in [0.4, 0.5) is 11.4 Å². The van der Waals surface area contributed by atoms with Crippen molar-refractivity contribution in [3.8, 4) is 5.75 Å². The number of hydrogen-bond donors (Lipinski definition) is 1. The number of nitrogens with zero attached hydrogens (tertiary/aromatic N) is 1. The molecule has 0 radical (unpaired) electrons. The number of ether oxygens (including phenoxy) is 1. The second-order valence-corrected chi connectivity index (χ2v) is 8.91. The predicted octanol–water partition coefficient (Wildman–Crippen LogP) is 5.62. The lowest BCUT2D eigenvalue weighted by molar-refractivity contribution is -0.125. The zero-order chi connectivity index (χ0) is 23.4. The number of amides is 2. The summed E-state index contributed by atoms with van der Waals surface area (Å²) < 4.78 is 5.86. The van der Waals surface area contributed by atoms with Gasteiger partial charge in [-0.2, -0.15) is 0 Å². The molecule has 2 amide bonds. The van der Waals surface area contributed by atoms with Gasteiger partial charge in [-0.15, -0.1) is 0 Å². The van der Waals surface area contributed by atoms with Crippen LogP contribution in [0.15, 0.2) is 78.9 Å². The van der Waals surface area contributed by atoms with Gasteiger partial charge in [0.2, 0.25) is 5.91 Å². The van der Waals surface area contributed by atoms with Gasteiger partial charge in [0.1, 0.15) is 5.75 Å². The summed E-state index contributed by atoms with van der Waals surface area (Å²) in [6.45, 7) is 6.55. The molecule has 0 saturated heterocycles. The van der Waals surface area contributed by atoms with Crippen molar-refractivity contribution in [2.24, 2.45) is 5.92 Å². The highest BCUT2D eigenvalue weighted by molar-refractivity contribution is 6.00. The Morgan fingerprint density at radius 3 is 2.15 bits per heavy atom. The van der Waals surface area contributed by atoms with Gasteiger partial charge in [-0.25, -0.2) is 0 Å². The Balaban J connectivity index is 1.53. The number of nitrogens with one attached hydrogen (secondary N) is 1. The van der Waals surface area contributed by atoms with E-state index in [1.807, 2.05) is 54.6 Å². The van der Waals surface area contributed by atoms with Gasteiger partial charge in [0.15, 0.2) is 6.10 Å². The van der Waals surface area contributed by atoms with E-state index in [-0.39, 0.29) is 17.7 Å². The van der Waals surface area contributed by atoms with E-state index in [4.69, 9.17) is 4.74 Å². The highest BCUT2D eigenvalue weighted by Crippen LogP contribution is 2.37. The van der Waals surface area contributed by atoms with Crippen LogP contribution in [0.5, 0.6) is 5.75 Å². The molecule has 1 N–H and O–H groups in total. The van der Waals surface area contributed by atoms with Crippen molar-refractivity contribution < 1.29 is 14.3 Å². The van der Waals surface area contributed by atoms with Crippen LogP contribution in [0, 0.1) is 5.92 Å². The molecule has 170 valence electrons. The van der Waals surface area contributed by atoms with Crippen LogP contribution in [0.3, 0.4) is 0 Å². The van der Waals surface area contributed by atoms with Crippen molar-refractivity contribution in [3.05, 3.63) is 90.0 Å². The summed E-state index contributed by atoms with van der Waals surface area (Å²) in [5.41, 5.74) is 3.61. The average molecular weight is 443 g/mol. The van der Waals surface area contributed by atoms with E-state index in [0.717, 1.165) is 16.8 Å². The van der Waals surface area contributed by atoms with Gasteiger partial charge in [-0.1, -0.05) is 74.5 Å². The number of fused-ring (bicyclic) bond motifs is 1. The monoisotopic (exact) mass is 442 g/mol. The van der Waals surface area contributed by atoms with E-state index in [1.54, 1.807) is 11.8 Å². The van der Waals surface area contributed by atoms with Crippen molar-refractivity contribution in [1.29, 1.82) is 0 Å². The van der Waals surface area contributed by atoms with Gasteiger partial charge in [-0.05, 0) is 36.1 Å². The Bertz CT molecular complexity index is 1070. The molecule has 1 aliphatic rings. The molecule has 5 nitrogen and oxygen atoms in total. The SMILES string of the molecule is CC(C)CN1C(=O)C(C)Oc2cc(NC(=O)CC(c3ccccc3)c3ccccc3)ccc21. The Morgan fingerprint density at radius 2 is 1.58 bits per heavy atom. The van der Waals surface area contributed by atoms with Crippen LogP contribution in [0.1, 0.15) is 44.2 Å². The lowest BCUT2D eigenvalue weighted by Crippen LogP contribution is -2.46. The number of hydrogen-bond acceptors (Lipinski definition) is 3. The maximum absolute atomic E-state index is 13.0.